The number of benzene rings is 1. The molecular formula is C18H25F2IN4O2S. The van der Waals surface area contributed by atoms with Gasteiger partial charge in [-0.05, 0) is 31.0 Å². The van der Waals surface area contributed by atoms with Gasteiger partial charge in [0.15, 0.2) is 17.5 Å². The predicted molar refractivity (Wildman–Crippen MR) is 119 cm³/mol. The fourth-order valence-electron chi connectivity index (χ4n) is 2.42. The normalized spacial score (nSPS) is 11.1. The number of aryl methyl sites for hydroxylation is 1. The molecule has 0 aliphatic rings. The van der Waals surface area contributed by atoms with Crippen LogP contribution in [0.25, 0.3) is 0 Å². The molecule has 2 N–H and O–H groups in total. The third-order valence-corrected chi connectivity index (χ3v) is 4.65. The van der Waals surface area contributed by atoms with Crippen LogP contribution in [0.5, 0.6) is 11.5 Å². The van der Waals surface area contributed by atoms with Crippen LogP contribution < -0.4 is 20.1 Å². The van der Waals surface area contributed by atoms with E-state index in [0.717, 1.165) is 23.5 Å². The molecule has 0 saturated heterocycles. The number of nitrogens with zero attached hydrogens (tertiary/aromatic N) is 2. The lowest BCUT2D eigenvalue weighted by molar-refractivity contribution is -0.0512. The van der Waals surface area contributed by atoms with Gasteiger partial charge in [0.2, 0.25) is 0 Å². The van der Waals surface area contributed by atoms with Crippen molar-refractivity contribution in [1.82, 2.24) is 15.6 Å². The Morgan fingerprint density at radius 1 is 1.21 bits per heavy atom. The third-order valence-electron chi connectivity index (χ3n) is 3.67. The number of thiazole rings is 1. The van der Waals surface area contributed by atoms with Crippen molar-refractivity contribution >= 4 is 41.3 Å². The van der Waals surface area contributed by atoms with Crippen molar-refractivity contribution in [3.05, 3.63) is 39.8 Å². The maximum atomic E-state index is 12.5. The van der Waals surface area contributed by atoms with Gasteiger partial charge in [-0.25, -0.2) is 4.98 Å². The van der Waals surface area contributed by atoms with Crippen molar-refractivity contribution < 1.29 is 18.3 Å². The summed E-state index contributed by atoms with van der Waals surface area (Å²) in [7, 11) is 3.11. The van der Waals surface area contributed by atoms with E-state index in [1.165, 1.54) is 12.0 Å². The molecule has 1 aromatic carbocycles. The summed E-state index contributed by atoms with van der Waals surface area (Å²) in [5, 5.41) is 7.51. The van der Waals surface area contributed by atoms with Crippen molar-refractivity contribution in [1.29, 1.82) is 0 Å². The maximum Gasteiger partial charge on any atom is 0.387 e. The van der Waals surface area contributed by atoms with E-state index in [-0.39, 0.29) is 35.5 Å². The monoisotopic (exact) mass is 526 g/mol. The van der Waals surface area contributed by atoms with Crippen molar-refractivity contribution in [3.63, 3.8) is 0 Å². The van der Waals surface area contributed by atoms with Crippen molar-refractivity contribution in [2.45, 2.75) is 26.4 Å². The van der Waals surface area contributed by atoms with Crippen LogP contribution in [0.15, 0.2) is 29.4 Å². The van der Waals surface area contributed by atoms with Crippen molar-refractivity contribution in [3.8, 4) is 11.5 Å². The molecule has 0 fully saturated rings. The molecule has 6 nitrogen and oxygen atoms in total. The molecule has 0 bridgehead atoms. The van der Waals surface area contributed by atoms with Gasteiger partial charge in [-0.3, -0.25) is 4.99 Å². The Kier molecular flexibility index (Phi) is 11.0. The molecule has 2 rings (SSSR count). The standard InChI is InChI=1S/C18H24F2N4O2S.HI/c1-12-11-24-16(27-12)7-9-23-18(21-2)22-8-6-13-4-5-14(25-3)15(10-13)26-17(19)20;/h4-5,10-11,17H,6-9H2,1-3H3,(H2,21,22,23);1H. The first kappa shape index (κ1) is 24.3. The van der Waals surface area contributed by atoms with E-state index in [1.54, 1.807) is 30.5 Å². The Morgan fingerprint density at radius 2 is 1.93 bits per heavy atom. The number of ether oxygens (including phenoxy) is 2. The van der Waals surface area contributed by atoms with Crippen LogP contribution in [0.1, 0.15) is 15.4 Å². The molecule has 156 valence electrons. The van der Waals surface area contributed by atoms with E-state index in [9.17, 15) is 8.78 Å². The van der Waals surface area contributed by atoms with E-state index >= 15 is 0 Å². The predicted octanol–water partition coefficient (Wildman–Crippen LogP) is 3.63. The highest BCUT2D eigenvalue weighted by molar-refractivity contribution is 14.0. The van der Waals surface area contributed by atoms with Crippen LogP contribution in [0.2, 0.25) is 0 Å². The van der Waals surface area contributed by atoms with E-state index in [1.807, 2.05) is 19.2 Å². The number of methoxy groups -OCH3 is 1. The molecule has 0 amide bonds. The van der Waals surface area contributed by atoms with Gasteiger partial charge < -0.3 is 20.1 Å². The maximum absolute atomic E-state index is 12.5. The van der Waals surface area contributed by atoms with Gasteiger partial charge in [-0.15, -0.1) is 35.3 Å². The molecule has 0 saturated carbocycles. The molecule has 0 aliphatic heterocycles. The lowest BCUT2D eigenvalue weighted by Gasteiger charge is -2.13. The average molecular weight is 526 g/mol. The average Bonchev–Trinajstić information content (AvgIpc) is 3.05. The second-order valence-electron chi connectivity index (χ2n) is 5.65. The highest BCUT2D eigenvalue weighted by atomic mass is 127. The van der Waals surface area contributed by atoms with Crippen LogP contribution in [0.4, 0.5) is 8.78 Å². The van der Waals surface area contributed by atoms with Gasteiger partial charge in [0.1, 0.15) is 0 Å². The summed E-state index contributed by atoms with van der Waals surface area (Å²) >= 11 is 1.68. The molecule has 0 spiro atoms. The fourth-order valence-corrected chi connectivity index (χ4v) is 3.20. The minimum Gasteiger partial charge on any atom is -0.493 e. The SMILES string of the molecule is CN=C(NCCc1ccc(OC)c(OC(F)F)c1)NCCc1ncc(C)s1.I. The molecule has 2 aromatic rings. The van der Waals surface area contributed by atoms with Gasteiger partial charge >= 0.3 is 6.61 Å². The number of aliphatic imine (C=N–C) groups is 1. The van der Waals surface area contributed by atoms with E-state index in [4.69, 9.17) is 4.74 Å². The number of alkyl halides is 2. The van der Waals surface area contributed by atoms with Gasteiger partial charge in [0.05, 0.1) is 12.1 Å². The first-order chi connectivity index (χ1) is 13.0. The number of rotatable bonds is 9. The summed E-state index contributed by atoms with van der Waals surface area (Å²) in [4.78, 5) is 9.70. The van der Waals surface area contributed by atoms with E-state index in [2.05, 4.69) is 25.3 Å². The van der Waals surface area contributed by atoms with Crippen LogP contribution in [-0.4, -0.2) is 44.8 Å². The molecule has 0 atom stereocenters. The van der Waals surface area contributed by atoms with E-state index in [0.29, 0.717) is 18.9 Å². The quantitative estimate of drug-likeness (QED) is 0.297. The molecule has 0 radical (unpaired) electrons. The molecule has 10 heteroatoms. The molecule has 0 unspecified atom stereocenters. The fraction of sp³-hybridized carbons (Fsp3) is 0.444. The second-order valence-corrected chi connectivity index (χ2v) is 6.97. The molecule has 1 aromatic heterocycles. The summed E-state index contributed by atoms with van der Waals surface area (Å²) in [6.07, 6.45) is 3.32. The Hall–Kier alpha value is -1.69. The zero-order valence-electron chi connectivity index (χ0n) is 16.0. The molecule has 28 heavy (non-hydrogen) atoms. The minimum absolute atomic E-state index is 0. The molecule has 0 aliphatic carbocycles. The van der Waals surface area contributed by atoms with Crippen molar-refractivity contribution in [2.75, 3.05) is 27.2 Å². The Labute approximate surface area is 184 Å². The van der Waals surface area contributed by atoms with Gasteiger partial charge in [-0.1, -0.05) is 6.07 Å². The van der Waals surface area contributed by atoms with Gasteiger partial charge in [-0.2, -0.15) is 8.78 Å². The smallest absolute Gasteiger partial charge is 0.387 e. The molecular weight excluding hydrogens is 501 g/mol. The van der Waals surface area contributed by atoms with Crippen LogP contribution >= 0.6 is 35.3 Å². The zero-order valence-corrected chi connectivity index (χ0v) is 19.1. The summed E-state index contributed by atoms with van der Waals surface area (Å²) in [5.41, 5.74) is 0.854. The number of guanidine groups is 1. The molecule has 1 heterocycles. The van der Waals surface area contributed by atoms with Gasteiger partial charge in [0.25, 0.3) is 0 Å². The van der Waals surface area contributed by atoms with Crippen LogP contribution in [0.3, 0.4) is 0 Å². The largest absolute Gasteiger partial charge is 0.493 e. The number of halogens is 3. The Bertz CT molecular complexity index is 759. The first-order valence-corrected chi connectivity index (χ1v) is 9.31. The lowest BCUT2D eigenvalue weighted by Crippen LogP contribution is -2.39. The summed E-state index contributed by atoms with van der Waals surface area (Å²) in [6.45, 7) is 0.459. The second kappa shape index (κ2) is 12.7. The number of aromatic nitrogens is 1. The van der Waals surface area contributed by atoms with Gasteiger partial charge in [0, 0.05) is 37.6 Å². The van der Waals surface area contributed by atoms with E-state index < -0.39 is 6.61 Å². The first-order valence-electron chi connectivity index (χ1n) is 8.49. The van der Waals surface area contributed by atoms with Crippen LogP contribution in [0, 0.1) is 6.92 Å². The zero-order chi connectivity index (χ0) is 19.6. The summed E-state index contributed by atoms with van der Waals surface area (Å²) in [5.74, 6) is 0.994. The Morgan fingerprint density at radius 3 is 2.50 bits per heavy atom. The Balaban J connectivity index is 0.00000392. The summed E-state index contributed by atoms with van der Waals surface area (Å²) in [6, 6.07) is 5.00. The van der Waals surface area contributed by atoms with Crippen molar-refractivity contribution in [2.24, 2.45) is 4.99 Å². The summed E-state index contributed by atoms with van der Waals surface area (Å²) < 4.78 is 34.5. The third kappa shape index (κ3) is 8.13. The highest BCUT2D eigenvalue weighted by Crippen LogP contribution is 2.29. The highest BCUT2D eigenvalue weighted by Gasteiger charge is 2.11. The number of hydrogen-bond donors (Lipinski definition) is 2. The lowest BCUT2D eigenvalue weighted by atomic mass is 10.1. The topological polar surface area (TPSA) is 67.8 Å². The van der Waals surface area contributed by atoms with Crippen LogP contribution in [-0.2, 0) is 12.8 Å². The number of nitrogens with one attached hydrogen (secondary N) is 2. The number of hydrogen-bond acceptors (Lipinski definition) is 5. The minimum atomic E-state index is -2.89.